The molecule has 2 N–H and O–H groups in total. The van der Waals surface area contributed by atoms with E-state index < -0.39 is 10.9 Å². The molecule has 0 heterocycles. The summed E-state index contributed by atoms with van der Waals surface area (Å²) < 4.78 is 4.96. The van der Waals surface area contributed by atoms with Crippen molar-refractivity contribution in [1.82, 2.24) is 10.2 Å². The average molecular weight is 351 g/mol. The number of nitro benzene ring substituents is 1. The summed E-state index contributed by atoms with van der Waals surface area (Å²) in [6.45, 7) is 2.52. The molecule has 1 aromatic carbocycles. The monoisotopic (exact) mass is 351 g/mol. The molecule has 1 aliphatic carbocycles. The van der Waals surface area contributed by atoms with Crippen LogP contribution in [-0.2, 0) is 4.79 Å². The van der Waals surface area contributed by atoms with Gasteiger partial charge in [0, 0.05) is 29.8 Å². The fraction of sp³-hybridized carbons (Fsp3) is 0.500. The molecule has 9 nitrogen and oxygen atoms in total. The highest BCUT2D eigenvalue weighted by atomic mass is 16.6. The minimum Gasteiger partial charge on any atom is -0.490 e. The van der Waals surface area contributed by atoms with Gasteiger partial charge < -0.3 is 15.2 Å². The van der Waals surface area contributed by atoms with Crippen molar-refractivity contribution in [2.24, 2.45) is 0 Å². The lowest BCUT2D eigenvalue weighted by atomic mass is 9.85. The molecule has 0 aliphatic heterocycles. The molecule has 0 unspecified atom stereocenters. The number of rotatable bonds is 8. The molecule has 0 spiro atoms. The van der Waals surface area contributed by atoms with Crippen LogP contribution >= 0.6 is 0 Å². The van der Waals surface area contributed by atoms with Gasteiger partial charge in [0.15, 0.2) is 5.75 Å². The van der Waals surface area contributed by atoms with Crippen LogP contribution in [0, 0.1) is 10.1 Å². The number of benzene rings is 1. The van der Waals surface area contributed by atoms with E-state index in [0.717, 1.165) is 0 Å². The highest BCUT2D eigenvalue weighted by molar-refractivity contribution is 5.95. The molecule has 0 saturated heterocycles. The lowest BCUT2D eigenvalue weighted by Gasteiger charge is -2.42. The SMILES string of the molecule is CCN(CC(=O)O)C1CC(NC(=O)c2ccc([N+](=O)[O-])c(OC)c2)C1. The number of nitro groups is 1. The van der Waals surface area contributed by atoms with Crippen molar-refractivity contribution in [1.29, 1.82) is 0 Å². The zero-order chi connectivity index (χ0) is 18.6. The van der Waals surface area contributed by atoms with Crippen molar-refractivity contribution >= 4 is 17.6 Å². The number of hydrogen-bond donors (Lipinski definition) is 2. The quantitative estimate of drug-likeness (QED) is 0.534. The standard InChI is InChI=1S/C16H21N3O6/c1-3-18(9-15(20)21)12-7-11(8-12)17-16(22)10-4-5-13(19(23)24)14(6-10)25-2/h4-6,11-12H,3,7-9H2,1-2H3,(H,17,22)(H,20,21). The van der Waals surface area contributed by atoms with E-state index in [0.29, 0.717) is 19.4 Å². The summed E-state index contributed by atoms with van der Waals surface area (Å²) in [7, 11) is 1.31. The number of amides is 1. The number of nitrogens with zero attached hydrogens (tertiary/aromatic N) is 2. The molecule has 2 rings (SSSR count). The maximum absolute atomic E-state index is 12.3. The first-order chi connectivity index (χ1) is 11.8. The maximum Gasteiger partial charge on any atom is 0.317 e. The largest absolute Gasteiger partial charge is 0.490 e. The average Bonchev–Trinajstić information content (AvgIpc) is 2.54. The Morgan fingerprint density at radius 3 is 2.64 bits per heavy atom. The van der Waals surface area contributed by atoms with Crippen LogP contribution < -0.4 is 10.1 Å². The van der Waals surface area contributed by atoms with Gasteiger partial charge in [-0.25, -0.2) is 0 Å². The Bertz CT molecular complexity index is 672. The van der Waals surface area contributed by atoms with Gasteiger partial charge in [-0.3, -0.25) is 24.6 Å². The van der Waals surface area contributed by atoms with E-state index >= 15 is 0 Å². The van der Waals surface area contributed by atoms with Crippen LogP contribution in [0.5, 0.6) is 5.75 Å². The number of nitrogens with one attached hydrogen (secondary N) is 1. The third-order valence-electron chi connectivity index (χ3n) is 4.35. The van der Waals surface area contributed by atoms with Crippen molar-refractivity contribution in [3.05, 3.63) is 33.9 Å². The fourth-order valence-electron chi connectivity index (χ4n) is 2.92. The molecule has 0 aromatic heterocycles. The number of likely N-dealkylation sites (N-methyl/N-ethyl adjacent to an activating group) is 1. The van der Waals surface area contributed by atoms with Crippen LogP contribution in [0.4, 0.5) is 5.69 Å². The maximum atomic E-state index is 12.3. The van der Waals surface area contributed by atoms with Gasteiger partial charge in [-0.1, -0.05) is 6.92 Å². The Labute approximate surface area is 144 Å². The predicted molar refractivity (Wildman–Crippen MR) is 88.8 cm³/mol. The minimum absolute atomic E-state index is 0.0125. The summed E-state index contributed by atoms with van der Waals surface area (Å²) in [6.07, 6.45) is 1.36. The van der Waals surface area contributed by atoms with Gasteiger partial charge in [-0.05, 0) is 25.5 Å². The first kappa shape index (κ1) is 18.7. The van der Waals surface area contributed by atoms with Crippen molar-refractivity contribution in [2.75, 3.05) is 20.2 Å². The third kappa shape index (κ3) is 4.44. The van der Waals surface area contributed by atoms with Gasteiger partial charge in [0.25, 0.3) is 5.91 Å². The summed E-state index contributed by atoms with van der Waals surface area (Å²) in [6, 6.07) is 4.06. The summed E-state index contributed by atoms with van der Waals surface area (Å²) >= 11 is 0. The van der Waals surface area contributed by atoms with Gasteiger partial charge in [-0.15, -0.1) is 0 Å². The van der Waals surface area contributed by atoms with Crippen molar-refractivity contribution < 1.29 is 24.4 Å². The lowest BCUT2D eigenvalue weighted by Crippen LogP contribution is -2.54. The first-order valence-corrected chi connectivity index (χ1v) is 7.94. The van der Waals surface area contributed by atoms with Gasteiger partial charge in [0.2, 0.25) is 0 Å². The second-order valence-corrected chi connectivity index (χ2v) is 5.90. The predicted octanol–water partition coefficient (Wildman–Crippen LogP) is 1.27. The van der Waals surface area contributed by atoms with Crippen LogP contribution in [0.2, 0.25) is 0 Å². The number of hydrogen-bond acceptors (Lipinski definition) is 6. The zero-order valence-corrected chi connectivity index (χ0v) is 14.1. The smallest absolute Gasteiger partial charge is 0.317 e. The van der Waals surface area contributed by atoms with Gasteiger partial charge in [0.1, 0.15) is 0 Å². The second kappa shape index (κ2) is 7.93. The van der Waals surface area contributed by atoms with E-state index in [-0.39, 0.29) is 41.5 Å². The van der Waals surface area contributed by atoms with E-state index in [1.54, 1.807) is 0 Å². The van der Waals surface area contributed by atoms with E-state index in [4.69, 9.17) is 9.84 Å². The number of ether oxygens (including phenoxy) is 1. The molecule has 0 radical (unpaired) electrons. The fourth-order valence-corrected chi connectivity index (χ4v) is 2.92. The Morgan fingerprint density at radius 1 is 1.44 bits per heavy atom. The van der Waals surface area contributed by atoms with Crippen LogP contribution in [0.1, 0.15) is 30.1 Å². The van der Waals surface area contributed by atoms with E-state index in [1.165, 1.54) is 25.3 Å². The van der Waals surface area contributed by atoms with Crippen molar-refractivity contribution in [2.45, 2.75) is 31.8 Å². The highest BCUT2D eigenvalue weighted by Crippen LogP contribution is 2.29. The number of carbonyl (C=O) groups is 2. The molecule has 1 amide bonds. The van der Waals surface area contributed by atoms with E-state index in [2.05, 4.69) is 5.32 Å². The Balaban J connectivity index is 1.93. The molecule has 0 bridgehead atoms. The molecular formula is C16H21N3O6. The second-order valence-electron chi connectivity index (χ2n) is 5.90. The summed E-state index contributed by atoms with van der Waals surface area (Å²) in [4.78, 5) is 35.3. The highest BCUT2D eigenvalue weighted by Gasteiger charge is 2.34. The molecule has 0 atom stereocenters. The van der Waals surface area contributed by atoms with Crippen molar-refractivity contribution in [3.8, 4) is 5.75 Å². The molecular weight excluding hydrogens is 330 g/mol. The molecule has 1 aromatic rings. The van der Waals surface area contributed by atoms with Gasteiger partial charge >= 0.3 is 11.7 Å². The Kier molecular flexibility index (Phi) is 5.92. The summed E-state index contributed by atoms with van der Waals surface area (Å²) in [5.41, 5.74) is 0.0822. The van der Waals surface area contributed by atoms with Crippen molar-refractivity contribution in [3.63, 3.8) is 0 Å². The first-order valence-electron chi connectivity index (χ1n) is 7.94. The topological polar surface area (TPSA) is 122 Å². The molecule has 25 heavy (non-hydrogen) atoms. The number of carbonyl (C=O) groups excluding carboxylic acids is 1. The summed E-state index contributed by atoms with van der Waals surface area (Å²) in [5.74, 6) is -1.17. The normalized spacial score (nSPS) is 19.2. The zero-order valence-electron chi connectivity index (χ0n) is 14.1. The minimum atomic E-state index is -0.868. The third-order valence-corrected chi connectivity index (χ3v) is 4.35. The number of carboxylic acid groups (broad SMARTS) is 1. The van der Waals surface area contributed by atoms with Crippen LogP contribution in [0.15, 0.2) is 18.2 Å². The van der Waals surface area contributed by atoms with Gasteiger partial charge in [-0.2, -0.15) is 0 Å². The van der Waals surface area contributed by atoms with Crippen LogP contribution in [-0.4, -0.2) is 59.1 Å². The molecule has 136 valence electrons. The number of methoxy groups -OCH3 is 1. The Hall–Kier alpha value is -2.68. The lowest BCUT2D eigenvalue weighted by molar-refractivity contribution is -0.385. The molecule has 9 heteroatoms. The number of aliphatic carboxylic acids is 1. The van der Waals surface area contributed by atoms with Gasteiger partial charge in [0.05, 0.1) is 18.6 Å². The molecule has 1 fully saturated rings. The number of carboxylic acids is 1. The summed E-state index contributed by atoms with van der Waals surface area (Å²) in [5, 5.41) is 22.6. The van der Waals surface area contributed by atoms with E-state index in [1.807, 2.05) is 11.8 Å². The Morgan fingerprint density at radius 2 is 2.12 bits per heavy atom. The molecule has 1 saturated carbocycles. The van der Waals surface area contributed by atoms with Crippen LogP contribution in [0.3, 0.4) is 0 Å². The van der Waals surface area contributed by atoms with E-state index in [9.17, 15) is 19.7 Å². The van der Waals surface area contributed by atoms with Crippen LogP contribution in [0.25, 0.3) is 0 Å². The molecule has 1 aliphatic rings.